The number of benzene rings is 1. The van der Waals surface area contributed by atoms with E-state index in [2.05, 4.69) is 9.97 Å². The average molecular weight is 230 g/mol. The Balaban J connectivity index is 2.27. The Labute approximate surface area is 95.4 Å². The van der Waals surface area contributed by atoms with Crippen LogP contribution in [0.15, 0.2) is 41.9 Å². The Hall–Kier alpha value is -1.81. The van der Waals surface area contributed by atoms with Crippen LogP contribution in [0.4, 0.5) is 4.39 Å². The predicted molar refractivity (Wildman–Crippen MR) is 62.8 cm³/mol. The Morgan fingerprint density at radius 2 is 1.94 bits per heavy atom. The summed E-state index contributed by atoms with van der Waals surface area (Å²) in [5.74, 6) is -0.303. The van der Waals surface area contributed by atoms with Gasteiger partial charge < -0.3 is 0 Å². The van der Waals surface area contributed by atoms with E-state index in [1.165, 1.54) is 17.4 Å². The zero-order chi connectivity index (χ0) is 11.0. The summed E-state index contributed by atoms with van der Waals surface area (Å²) in [7, 11) is 0. The van der Waals surface area contributed by atoms with Gasteiger partial charge in [0.2, 0.25) is 0 Å². The van der Waals surface area contributed by atoms with E-state index < -0.39 is 0 Å². The number of fused-ring (bicyclic) bond motifs is 1. The fourth-order valence-corrected chi connectivity index (χ4v) is 2.21. The first-order valence-corrected chi connectivity index (χ1v) is 5.68. The lowest BCUT2D eigenvalue weighted by Crippen LogP contribution is -1.89. The van der Waals surface area contributed by atoms with Crippen LogP contribution in [0, 0.1) is 5.82 Å². The molecule has 1 aromatic carbocycles. The van der Waals surface area contributed by atoms with Crippen molar-refractivity contribution in [1.82, 2.24) is 9.97 Å². The molecule has 0 saturated carbocycles. The van der Waals surface area contributed by atoms with E-state index in [0.29, 0.717) is 11.3 Å². The lowest BCUT2D eigenvalue weighted by atomic mass is 10.1. The summed E-state index contributed by atoms with van der Waals surface area (Å²) in [6, 6.07) is 10.8. The summed E-state index contributed by atoms with van der Waals surface area (Å²) < 4.78 is 14.6. The normalized spacial score (nSPS) is 10.8. The van der Waals surface area contributed by atoms with Crippen LogP contribution in [0.25, 0.3) is 21.6 Å². The molecule has 0 amide bonds. The van der Waals surface area contributed by atoms with E-state index in [-0.39, 0.29) is 5.82 Å². The van der Waals surface area contributed by atoms with Crippen molar-refractivity contribution in [1.29, 1.82) is 0 Å². The van der Waals surface area contributed by atoms with E-state index in [1.807, 2.05) is 30.3 Å². The fourth-order valence-electron chi connectivity index (χ4n) is 1.57. The second-order valence-corrected chi connectivity index (χ2v) is 4.25. The number of halogens is 1. The van der Waals surface area contributed by atoms with Crippen LogP contribution in [-0.2, 0) is 0 Å². The number of rotatable bonds is 1. The van der Waals surface area contributed by atoms with Crippen LogP contribution in [0.2, 0.25) is 0 Å². The standard InChI is InChI=1S/C12H7FN2S/c13-9-6-10-12(14-7-16-10)15-11(9)8-4-2-1-3-5-8/h1-7H. The van der Waals surface area contributed by atoms with Gasteiger partial charge in [-0.3, -0.25) is 0 Å². The number of thiazole rings is 1. The van der Waals surface area contributed by atoms with Crippen molar-refractivity contribution in [2.75, 3.05) is 0 Å². The van der Waals surface area contributed by atoms with Crippen molar-refractivity contribution in [2.24, 2.45) is 0 Å². The first-order chi connectivity index (χ1) is 7.84. The van der Waals surface area contributed by atoms with E-state index in [0.717, 1.165) is 10.3 Å². The highest BCUT2D eigenvalue weighted by Crippen LogP contribution is 2.25. The summed E-state index contributed by atoms with van der Waals surface area (Å²) in [6.07, 6.45) is 0. The number of hydrogen-bond acceptors (Lipinski definition) is 3. The molecule has 0 saturated heterocycles. The highest BCUT2D eigenvalue weighted by molar-refractivity contribution is 7.16. The molecule has 4 heteroatoms. The van der Waals surface area contributed by atoms with E-state index in [9.17, 15) is 4.39 Å². The van der Waals surface area contributed by atoms with Gasteiger partial charge in [0.05, 0.1) is 10.2 Å². The molecular formula is C12H7FN2S. The van der Waals surface area contributed by atoms with Crippen molar-refractivity contribution in [3.8, 4) is 11.3 Å². The summed E-state index contributed by atoms with van der Waals surface area (Å²) in [5, 5.41) is 0. The highest BCUT2D eigenvalue weighted by Gasteiger charge is 2.09. The first kappa shape index (κ1) is 9.42. The number of aromatic nitrogens is 2. The van der Waals surface area contributed by atoms with Gasteiger partial charge in [0.1, 0.15) is 5.69 Å². The van der Waals surface area contributed by atoms with Crippen LogP contribution in [-0.4, -0.2) is 9.97 Å². The van der Waals surface area contributed by atoms with Crippen molar-refractivity contribution in [3.05, 3.63) is 47.7 Å². The number of pyridine rings is 1. The van der Waals surface area contributed by atoms with Gasteiger partial charge >= 0.3 is 0 Å². The Morgan fingerprint density at radius 1 is 1.12 bits per heavy atom. The van der Waals surface area contributed by atoms with E-state index in [4.69, 9.17) is 0 Å². The second-order valence-electron chi connectivity index (χ2n) is 3.36. The van der Waals surface area contributed by atoms with Crippen LogP contribution >= 0.6 is 11.3 Å². The molecule has 0 aliphatic carbocycles. The van der Waals surface area contributed by atoms with Gasteiger partial charge in [0.15, 0.2) is 11.5 Å². The molecule has 2 nitrogen and oxygen atoms in total. The minimum Gasteiger partial charge on any atom is -0.225 e. The molecule has 2 aromatic heterocycles. The third-order valence-corrected chi connectivity index (χ3v) is 3.09. The van der Waals surface area contributed by atoms with Gasteiger partial charge in [0.25, 0.3) is 0 Å². The molecule has 0 fully saturated rings. The number of nitrogens with zero attached hydrogens (tertiary/aromatic N) is 2. The third kappa shape index (κ3) is 1.47. The SMILES string of the molecule is Fc1cc2scnc2nc1-c1ccccc1. The largest absolute Gasteiger partial charge is 0.225 e. The zero-order valence-corrected chi connectivity index (χ0v) is 9.04. The lowest BCUT2D eigenvalue weighted by molar-refractivity contribution is 0.628. The highest BCUT2D eigenvalue weighted by atomic mass is 32.1. The maximum Gasteiger partial charge on any atom is 0.171 e. The maximum atomic E-state index is 13.8. The third-order valence-electron chi connectivity index (χ3n) is 2.32. The topological polar surface area (TPSA) is 25.8 Å². The minimum absolute atomic E-state index is 0.303. The molecule has 0 bridgehead atoms. The quantitative estimate of drug-likeness (QED) is 0.639. The molecule has 0 aliphatic rings. The van der Waals surface area contributed by atoms with E-state index >= 15 is 0 Å². The Morgan fingerprint density at radius 3 is 2.75 bits per heavy atom. The summed E-state index contributed by atoms with van der Waals surface area (Å²) >= 11 is 1.39. The summed E-state index contributed by atoms with van der Waals surface area (Å²) in [4.78, 5) is 8.32. The molecule has 0 unspecified atom stereocenters. The summed E-state index contributed by atoms with van der Waals surface area (Å²) in [6.45, 7) is 0. The van der Waals surface area contributed by atoms with Crippen LogP contribution < -0.4 is 0 Å². The fraction of sp³-hybridized carbons (Fsp3) is 0. The lowest BCUT2D eigenvalue weighted by Gasteiger charge is -2.01. The molecule has 3 rings (SSSR count). The molecule has 0 aliphatic heterocycles. The molecule has 0 radical (unpaired) electrons. The van der Waals surface area contributed by atoms with Crippen molar-refractivity contribution < 1.29 is 4.39 Å². The van der Waals surface area contributed by atoms with Gasteiger partial charge in [-0.25, -0.2) is 14.4 Å². The molecule has 0 spiro atoms. The molecule has 3 aromatic rings. The van der Waals surface area contributed by atoms with Crippen molar-refractivity contribution in [3.63, 3.8) is 0 Å². The van der Waals surface area contributed by atoms with E-state index in [1.54, 1.807) is 5.51 Å². The first-order valence-electron chi connectivity index (χ1n) is 4.80. The van der Waals surface area contributed by atoms with Crippen LogP contribution in [0.1, 0.15) is 0 Å². The predicted octanol–water partition coefficient (Wildman–Crippen LogP) is 3.50. The maximum absolute atomic E-state index is 13.8. The number of hydrogen-bond donors (Lipinski definition) is 0. The molecule has 16 heavy (non-hydrogen) atoms. The molecular weight excluding hydrogens is 223 g/mol. The van der Waals surface area contributed by atoms with Crippen molar-refractivity contribution >= 4 is 21.7 Å². The summed E-state index contributed by atoms with van der Waals surface area (Å²) in [5.41, 5.74) is 3.41. The molecule has 0 N–H and O–H groups in total. The van der Waals surface area contributed by atoms with Gasteiger partial charge in [-0.1, -0.05) is 30.3 Å². The average Bonchev–Trinajstić information content (AvgIpc) is 2.76. The Kier molecular flexibility index (Phi) is 2.15. The zero-order valence-electron chi connectivity index (χ0n) is 8.22. The molecule has 0 atom stereocenters. The van der Waals surface area contributed by atoms with Crippen molar-refractivity contribution in [2.45, 2.75) is 0 Å². The van der Waals surface area contributed by atoms with Gasteiger partial charge in [-0.2, -0.15) is 0 Å². The Bertz CT molecular complexity index is 634. The van der Waals surface area contributed by atoms with Crippen LogP contribution in [0.5, 0.6) is 0 Å². The molecule has 2 heterocycles. The van der Waals surface area contributed by atoms with Crippen LogP contribution in [0.3, 0.4) is 0 Å². The minimum atomic E-state index is -0.303. The smallest absolute Gasteiger partial charge is 0.171 e. The van der Waals surface area contributed by atoms with Gasteiger partial charge in [-0.15, -0.1) is 11.3 Å². The monoisotopic (exact) mass is 230 g/mol. The van der Waals surface area contributed by atoms with Gasteiger partial charge in [-0.05, 0) is 6.07 Å². The van der Waals surface area contributed by atoms with Gasteiger partial charge in [0, 0.05) is 5.56 Å². The second kappa shape index (κ2) is 3.64. The molecule has 78 valence electrons.